The van der Waals surface area contributed by atoms with Crippen molar-refractivity contribution < 1.29 is 4.43 Å². The Balaban J connectivity index is 2.09. The van der Waals surface area contributed by atoms with Crippen LogP contribution in [0.4, 0.5) is 0 Å². The molecule has 2 rings (SSSR count). The molecule has 1 nitrogen and oxygen atoms in total. The summed E-state index contributed by atoms with van der Waals surface area (Å²) >= 11 is 0. The van der Waals surface area contributed by atoms with Crippen molar-refractivity contribution in [2.24, 2.45) is 0 Å². The third-order valence-corrected chi connectivity index (χ3v) is 9.65. The summed E-state index contributed by atoms with van der Waals surface area (Å²) in [6.07, 6.45) is 12.7. The lowest BCUT2D eigenvalue weighted by Crippen LogP contribution is -2.45. The standard InChI is InChI=1S/C17H30OSi/c1-6-13-17(2,3)19(4,5)18-16-12-11-14-9-7-8-10-15(14)16/h11-12,16H,6-10,13H2,1-5H3. The fourth-order valence-corrected chi connectivity index (χ4v) is 5.33. The lowest BCUT2D eigenvalue weighted by molar-refractivity contribution is 0.247. The third-order valence-electron chi connectivity index (χ3n) is 5.30. The third kappa shape index (κ3) is 3.05. The van der Waals surface area contributed by atoms with Crippen LogP contribution in [0.25, 0.3) is 0 Å². The topological polar surface area (TPSA) is 9.23 Å². The summed E-state index contributed by atoms with van der Waals surface area (Å²) in [6, 6.07) is 0. The van der Waals surface area contributed by atoms with E-state index in [1.165, 1.54) is 38.5 Å². The average molecular weight is 279 g/mol. The first-order chi connectivity index (χ1) is 8.87. The molecule has 0 bridgehead atoms. The van der Waals surface area contributed by atoms with Crippen molar-refractivity contribution in [2.75, 3.05) is 0 Å². The van der Waals surface area contributed by atoms with E-state index in [-0.39, 0.29) is 0 Å². The van der Waals surface area contributed by atoms with Gasteiger partial charge in [0.15, 0.2) is 8.32 Å². The summed E-state index contributed by atoms with van der Waals surface area (Å²) in [5.74, 6) is 0. The molecule has 0 heterocycles. The molecule has 0 fully saturated rings. The molecule has 19 heavy (non-hydrogen) atoms. The van der Waals surface area contributed by atoms with Crippen molar-refractivity contribution in [3.8, 4) is 0 Å². The van der Waals surface area contributed by atoms with Crippen LogP contribution in [0.2, 0.25) is 18.1 Å². The molecule has 0 N–H and O–H groups in total. The van der Waals surface area contributed by atoms with E-state index >= 15 is 0 Å². The van der Waals surface area contributed by atoms with Crippen molar-refractivity contribution in [2.45, 2.75) is 83.5 Å². The summed E-state index contributed by atoms with van der Waals surface area (Å²) in [7, 11) is -1.68. The van der Waals surface area contributed by atoms with E-state index in [2.05, 4.69) is 46.0 Å². The van der Waals surface area contributed by atoms with E-state index in [4.69, 9.17) is 4.43 Å². The minimum atomic E-state index is -1.68. The van der Waals surface area contributed by atoms with E-state index in [1.54, 1.807) is 11.1 Å². The van der Waals surface area contributed by atoms with Gasteiger partial charge in [0, 0.05) is 0 Å². The normalized spacial score (nSPS) is 23.9. The van der Waals surface area contributed by atoms with Crippen molar-refractivity contribution in [1.29, 1.82) is 0 Å². The van der Waals surface area contributed by atoms with Crippen molar-refractivity contribution in [1.82, 2.24) is 0 Å². The number of hydrogen-bond donors (Lipinski definition) is 0. The van der Waals surface area contributed by atoms with Crippen LogP contribution in [0, 0.1) is 0 Å². The Hall–Kier alpha value is -0.343. The molecule has 0 radical (unpaired) electrons. The second-order valence-electron chi connectivity index (χ2n) is 7.30. The first-order valence-electron chi connectivity index (χ1n) is 7.95. The van der Waals surface area contributed by atoms with Gasteiger partial charge in [0.2, 0.25) is 0 Å². The van der Waals surface area contributed by atoms with Crippen LogP contribution < -0.4 is 0 Å². The zero-order valence-corrected chi connectivity index (χ0v) is 14.4. The molecule has 0 aromatic carbocycles. The smallest absolute Gasteiger partial charge is 0.193 e. The highest BCUT2D eigenvalue weighted by Crippen LogP contribution is 2.45. The summed E-state index contributed by atoms with van der Waals surface area (Å²) < 4.78 is 6.68. The van der Waals surface area contributed by atoms with E-state index in [0.717, 1.165) is 0 Å². The van der Waals surface area contributed by atoms with Gasteiger partial charge in [-0.1, -0.05) is 39.3 Å². The molecule has 0 saturated carbocycles. The highest BCUT2D eigenvalue weighted by Gasteiger charge is 2.42. The molecule has 0 aromatic rings. The number of rotatable bonds is 5. The van der Waals surface area contributed by atoms with Gasteiger partial charge in [-0.15, -0.1) is 0 Å². The van der Waals surface area contributed by atoms with Crippen LogP contribution in [0.3, 0.4) is 0 Å². The Bertz CT molecular complexity index is 390. The van der Waals surface area contributed by atoms with Crippen LogP contribution in [0.1, 0.15) is 59.3 Å². The Kier molecular flexibility index (Phi) is 4.41. The maximum Gasteiger partial charge on any atom is 0.193 e. The molecule has 0 spiro atoms. The van der Waals surface area contributed by atoms with Crippen LogP contribution >= 0.6 is 0 Å². The highest BCUT2D eigenvalue weighted by molar-refractivity contribution is 6.74. The second kappa shape index (κ2) is 5.57. The molecule has 2 aliphatic rings. The van der Waals surface area contributed by atoms with Crippen LogP contribution in [0.15, 0.2) is 23.3 Å². The molecule has 2 aliphatic carbocycles. The molecule has 2 heteroatoms. The first kappa shape index (κ1) is 15.1. The zero-order chi connectivity index (χ0) is 14.1. The molecular formula is C17H30OSi. The predicted octanol–water partition coefficient (Wildman–Crippen LogP) is 5.60. The maximum absolute atomic E-state index is 6.68. The number of allylic oxidation sites excluding steroid dienone is 2. The minimum absolute atomic E-state index is 0.299. The van der Waals surface area contributed by atoms with Gasteiger partial charge < -0.3 is 4.43 Å². The van der Waals surface area contributed by atoms with Crippen molar-refractivity contribution in [3.05, 3.63) is 23.3 Å². The second-order valence-corrected chi connectivity index (χ2v) is 11.9. The minimum Gasteiger partial charge on any atom is -0.407 e. The lowest BCUT2D eigenvalue weighted by atomic mass is 9.93. The molecule has 1 atom stereocenters. The van der Waals surface area contributed by atoms with E-state index in [1.807, 2.05) is 0 Å². The molecule has 0 aromatic heterocycles. The summed E-state index contributed by atoms with van der Waals surface area (Å²) in [4.78, 5) is 0. The van der Waals surface area contributed by atoms with E-state index < -0.39 is 8.32 Å². The van der Waals surface area contributed by atoms with Crippen LogP contribution in [-0.2, 0) is 4.43 Å². The predicted molar refractivity (Wildman–Crippen MR) is 85.9 cm³/mol. The van der Waals surface area contributed by atoms with Crippen LogP contribution in [-0.4, -0.2) is 14.4 Å². The fraction of sp³-hybridized carbons (Fsp3) is 0.765. The Morgan fingerprint density at radius 2 is 1.95 bits per heavy atom. The Morgan fingerprint density at radius 1 is 1.26 bits per heavy atom. The van der Waals surface area contributed by atoms with Crippen LogP contribution in [0.5, 0.6) is 0 Å². The largest absolute Gasteiger partial charge is 0.407 e. The van der Waals surface area contributed by atoms with Gasteiger partial charge in [-0.25, -0.2) is 0 Å². The molecule has 1 unspecified atom stereocenters. The van der Waals surface area contributed by atoms with Crippen molar-refractivity contribution >= 4 is 8.32 Å². The van der Waals surface area contributed by atoms with Gasteiger partial charge in [-0.2, -0.15) is 0 Å². The van der Waals surface area contributed by atoms with E-state index in [9.17, 15) is 0 Å². The van der Waals surface area contributed by atoms with Gasteiger partial charge in [0.25, 0.3) is 0 Å². The lowest BCUT2D eigenvalue weighted by Gasteiger charge is -2.41. The summed E-state index contributed by atoms with van der Waals surface area (Å²) in [5, 5.41) is 0.355. The summed E-state index contributed by atoms with van der Waals surface area (Å²) in [5.41, 5.74) is 3.17. The zero-order valence-electron chi connectivity index (χ0n) is 13.4. The van der Waals surface area contributed by atoms with Gasteiger partial charge in [-0.3, -0.25) is 0 Å². The molecule has 0 aliphatic heterocycles. The monoisotopic (exact) mass is 278 g/mol. The van der Waals surface area contributed by atoms with Gasteiger partial charge >= 0.3 is 0 Å². The molecular weight excluding hydrogens is 248 g/mol. The van der Waals surface area contributed by atoms with Gasteiger partial charge in [0.05, 0.1) is 6.10 Å². The Morgan fingerprint density at radius 3 is 2.63 bits per heavy atom. The number of hydrogen-bond acceptors (Lipinski definition) is 1. The fourth-order valence-electron chi connectivity index (χ4n) is 3.30. The quantitative estimate of drug-likeness (QED) is 0.595. The average Bonchev–Trinajstić information content (AvgIpc) is 2.72. The molecule has 0 amide bonds. The maximum atomic E-state index is 6.68. The first-order valence-corrected chi connectivity index (χ1v) is 10.9. The highest BCUT2D eigenvalue weighted by atomic mass is 28.4. The van der Waals surface area contributed by atoms with E-state index in [0.29, 0.717) is 11.1 Å². The molecule has 0 saturated heterocycles. The Labute approximate surface area is 120 Å². The van der Waals surface area contributed by atoms with Gasteiger partial charge in [-0.05, 0) is 61.4 Å². The SMILES string of the molecule is CCCC(C)(C)[Si](C)(C)OC1C=CC2=C1CCCC2. The summed E-state index contributed by atoms with van der Waals surface area (Å²) in [6.45, 7) is 11.9. The van der Waals surface area contributed by atoms with Gasteiger partial charge in [0.1, 0.15) is 0 Å². The van der Waals surface area contributed by atoms with Crippen molar-refractivity contribution in [3.63, 3.8) is 0 Å². The molecule has 108 valence electrons.